The molecule has 0 aliphatic rings. The van der Waals surface area contributed by atoms with E-state index in [-0.39, 0.29) is 10.6 Å². The molecule has 2 N–H and O–H groups in total. The van der Waals surface area contributed by atoms with Crippen LogP contribution >= 0.6 is 11.5 Å². The van der Waals surface area contributed by atoms with Gasteiger partial charge in [0.2, 0.25) is 9.84 Å². The number of nitrogens with two attached hydrogens (primary N) is 1. The Balaban J connectivity index is 3.19. The van der Waals surface area contributed by atoms with Crippen molar-refractivity contribution in [1.29, 1.82) is 0 Å². The molecule has 1 rings (SSSR count). The maximum atomic E-state index is 11.0. The monoisotopic (exact) mass is 206 g/mol. The maximum Gasteiger partial charge on any atom is 0.280 e. The normalized spacial score (nSPS) is 11.4. The first kappa shape index (κ1) is 9.14. The number of sulfone groups is 1. The van der Waals surface area contributed by atoms with Gasteiger partial charge < -0.3 is 5.73 Å². The summed E-state index contributed by atoms with van der Waals surface area (Å²) in [6, 6.07) is 0. The van der Waals surface area contributed by atoms with Crippen molar-refractivity contribution in [3.05, 3.63) is 11.8 Å². The first-order valence-corrected chi connectivity index (χ1v) is 5.54. The molecule has 0 aromatic carbocycles. The van der Waals surface area contributed by atoms with E-state index < -0.39 is 15.0 Å². The minimum Gasteiger partial charge on any atom is -0.389 e. The van der Waals surface area contributed by atoms with Crippen LogP contribution in [0.2, 0.25) is 0 Å². The van der Waals surface area contributed by atoms with E-state index in [0.717, 1.165) is 24.0 Å². The summed E-state index contributed by atoms with van der Waals surface area (Å²) in [4.78, 5) is 11.0. The Morgan fingerprint density at radius 1 is 1.67 bits per heavy atom. The third-order valence-electron chi connectivity index (χ3n) is 1.15. The van der Waals surface area contributed by atoms with Gasteiger partial charge in [0.1, 0.15) is 5.00 Å². The summed E-state index contributed by atoms with van der Waals surface area (Å²) in [6.45, 7) is 0. The molecular weight excluding hydrogens is 200 g/mol. The molecule has 0 unspecified atom stereocenters. The van der Waals surface area contributed by atoms with Crippen molar-refractivity contribution < 1.29 is 13.2 Å². The molecule has 66 valence electrons. The van der Waals surface area contributed by atoms with E-state index in [1.54, 1.807) is 0 Å². The number of hydrogen-bond acceptors (Lipinski definition) is 6. The Morgan fingerprint density at radius 3 is 2.58 bits per heavy atom. The first-order chi connectivity index (χ1) is 5.43. The van der Waals surface area contributed by atoms with Crippen LogP contribution in [-0.4, -0.2) is 24.2 Å². The Morgan fingerprint density at radius 2 is 2.25 bits per heavy atom. The highest BCUT2D eigenvalue weighted by molar-refractivity contribution is 8.06. The second-order valence-electron chi connectivity index (χ2n) is 2.16. The van der Waals surface area contributed by atoms with E-state index in [0.29, 0.717) is 0 Å². The number of nitrogen functional groups attached to an aromatic ring is 1. The number of carbonyl (C=O) groups excluding carboxylic acids is 1. The molecule has 0 bridgehead atoms. The van der Waals surface area contributed by atoms with E-state index >= 15 is 0 Å². The van der Waals surface area contributed by atoms with Crippen LogP contribution in [0.1, 0.15) is 10.4 Å². The standard InChI is InChI=1S/C5H6N2O3S2/c1-12(9,10)5(8)3-2-7-11-4(3)6/h2H,6H2,1H3. The van der Waals surface area contributed by atoms with Crippen LogP contribution in [0, 0.1) is 0 Å². The second kappa shape index (κ2) is 2.83. The van der Waals surface area contributed by atoms with Crippen LogP contribution in [0.15, 0.2) is 6.20 Å². The van der Waals surface area contributed by atoms with Gasteiger partial charge in [-0.2, -0.15) is 4.37 Å². The maximum absolute atomic E-state index is 11.0. The van der Waals surface area contributed by atoms with Gasteiger partial charge in [-0.05, 0) is 11.5 Å². The minimum atomic E-state index is -3.70. The smallest absolute Gasteiger partial charge is 0.280 e. The van der Waals surface area contributed by atoms with Crippen LogP contribution in [0.25, 0.3) is 0 Å². The van der Waals surface area contributed by atoms with Crippen LogP contribution in [0.5, 0.6) is 0 Å². The quantitative estimate of drug-likeness (QED) is 0.693. The molecule has 0 saturated carbocycles. The summed E-state index contributed by atoms with van der Waals surface area (Å²) in [6.07, 6.45) is 2.00. The van der Waals surface area contributed by atoms with Gasteiger partial charge in [-0.3, -0.25) is 4.79 Å². The third kappa shape index (κ3) is 1.62. The number of aromatic nitrogens is 1. The fraction of sp³-hybridized carbons (Fsp3) is 0.200. The van der Waals surface area contributed by atoms with Crippen molar-refractivity contribution in [3.63, 3.8) is 0 Å². The average Bonchev–Trinajstić information content (AvgIpc) is 2.31. The third-order valence-corrected chi connectivity index (χ3v) is 2.68. The Labute approximate surface area is 73.3 Å². The van der Waals surface area contributed by atoms with Crippen molar-refractivity contribution in [3.8, 4) is 0 Å². The lowest BCUT2D eigenvalue weighted by molar-refractivity contribution is 0.107. The average molecular weight is 206 g/mol. The van der Waals surface area contributed by atoms with Gasteiger partial charge in [0.15, 0.2) is 0 Å². The van der Waals surface area contributed by atoms with Crippen molar-refractivity contribution in [1.82, 2.24) is 4.37 Å². The van der Waals surface area contributed by atoms with Gasteiger partial charge in [-0.15, -0.1) is 0 Å². The lowest BCUT2D eigenvalue weighted by Crippen LogP contribution is -2.13. The van der Waals surface area contributed by atoms with E-state index in [2.05, 4.69) is 4.37 Å². The Bertz CT molecular complexity index is 406. The lowest BCUT2D eigenvalue weighted by atomic mass is 10.4. The summed E-state index contributed by atoms with van der Waals surface area (Å²) in [5.41, 5.74) is 5.27. The topological polar surface area (TPSA) is 90.1 Å². The van der Waals surface area contributed by atoms with Gasteiger partial charge in [-0.25, -0.2) is 8.42 Å². The molecule has 0 aliphatic carbocycles. The largest absolute Gasteiger partial charge is 0.389 e. The summed E-state index contributed by atoms with van der Waals surface area (Å²) in [5, 5.41) is -0.848. The highest BCUT2D eigenvalue weighted by atomic mass is 32.2. The number of carbonyl (C=O) groups is 1. The predicted octanol–water partition coefficient (Wildman–Crippen LogP) is -0.0899. The molecule has 0 aliphatic heterocycles. The Kier molecular flexibility index (Phi) is 2.16. The van der Waals surface area contributed by atoms with Crippen LogP contribution in [0.4, 0.5) is 5.00 Å². The van der Waals surface area contributed by atoms with Crippen molar-refractivity contribution in [2.45, 2.75) is 0 Å². The minimum absolute atomic E-state index is 0.0394. The zero-order valence-corrected chi connectivity index (χ0v) is 7.78. The summed E-state index contributed by atoms with van der Waals surface area (Å²) >= 11 is 0.891. The molecule has 1 aromatic rings. The molecule has 7 heteroatoms. The predicted molar refractivity (Wildman–Crippen MR) is 45.7 cm³/mol. The van der Waals surface area contributed by atoms with Gasteiger partial charge in [0.05, 0.1) is 11.8 Å². The molecule has 5 nitrogen and oxygen atoms in total. The van der Waals surface area contributed by atoms with E-state index in [1.807, 2.05) is 0 Å². The van der Waals surface area contributed by atoms with Crippen molar-refractivity contribution in [2.75, 3.05) is 12.0 Å². The van der Waals surface area contributed by atoms with Gasteiger partial charge in [-0.1, -0.05) is 0 Å². The summed E-state index contributed by atoms with van der Waals surface area (Å²) < 4.78 is 25.1. The summed E-state index contributed by atoms with van der Waals surface area (Å²) in [5.74, 6) is 0. The molecule has 12 heavy (non-hydrogen) atoms. The lowest BCUT2D eigenvalue weighted by Gasteiger charge is -1.93. The SMILES string of the molecule is CS(=O)(=O)C(=O)c1cnsc1N. The number of rotatable bonds is 1. The molecule has 0 atom stereocenters. The molecule has 0 amide bonds. The van der Waals surface area contributed by atoms with E-state index in [1.165, 1.54) is 0 Å². The number of nitrogens with zero attached hydrogens (tertiary/aromatic N) is 1. The molecule has 0 radical (unpaired) electrons. The van der Waals surface area contributed by atoms with Gasteiger partial charge in [0.25, 0.3) is 5.12 Å². The number of anilines is 1. The Hall–Kier alpha value is -0.950. The van der Waals surface area contributed by atoms with Crippen LogP contribution in [0.3, 0.4) is 0 Å². The number of hydrogen-bond donors (Lipinski definition) is 1. The van der Waals surface area contributed by atoms with E-state index in [4.69, 9.17) is 5.73 Å². The fourth-order valence-electron chi connectivity index (χ4n) is 0.602. The van der Waals surface area contributed by atoms with Crippen molar-refractivity contribution >= 4 is 31.5 Å². The molecule has 0 spiro atoms. The van der Waals surface area contributed by atoms with Crippen LogP contribution < -0.4 is 5.73 Å². The van der Waals surface area contributed by atoms with Crippen molar-refractivity contribution in [2.24, 2.45) is 0 Å². The van der Waals surface area contributed by atoms with Gasteiger partial charge >= 0.3 is 0 Å². The molecular formula is C5H6N2O3S2. The van der Waals surface area contributed by atoms with E-state index in [9.17, 15) is 13.2 Å². The van der Waals surface area contributed by atoms with Gasteiger partial charge in [0, 0.05) is 6.26 Å². The highest BCUT2D eigenvalue weighted by Crippen LogP contribution is 2.17. The zero-order valence-electron chi connectivity index (χ0n) is 6.14. The molecule has 0 saturated heterocycles. The van der Waals surface area contributed by atoms with Crippen LogP contribution in [-0.2, 0) is 9.84 Å². The molecule has 1 aromatic heterocycles. The summed E-state index contributed by atoms with van der Waals surface area (Å²) in [7, 11) is -3.70. The highest BCUT2D eigenvalue weighted by Gasteiger charge is 2.21. The fourth-order valence-corrected chi connectivity index (χ4v) is 1.74. The zero-order chi connectivity index (χ0) is 9.35. The second-order valence-corrected chi connectivity index (χ2v) is 4.91. The molecule has 0 fully saturated rings. The first-order valence-electron chi connectivity index (χ1n) is 2.87. The molecule has 1 heterocycles.